The van der Waals surface area contributed by atoms with Crippen LogP contribution in [0, 0.1) is 5.92 Å². The van der Waals surface area contributed by atoms with Crippen molar-refractivity contribution >= 4 is 11.3 Å². The summed E-state index contributed by atoms with van der Waals surface area (Å²) in [5, 5.41) is 2.92. The summed E-state index contributed by atoms with van der Waals surface area (Å²) in [6.45, 7) is 6.48. The fourth-order valence-electron chi connectivity index (χ4n) is 1.97. The van der Waals surface area contributed by atoms with Crippen LogP contribution in [0.5, 0.6) is 0 Å². The lowest BCUT2D eigenvalue weighted by Crippen LogP contribution is -2.37. The Kier molecular flexibility index (Phi) is 3.29. The number of aromatic nitrogens is 1. The highest BCUT2D eigenvalue weighted by Crippen LogP contribution is 2.44. The first-order valence-corrected chi connectivity index (χ1v) is 7.07. The monoisotopic (exact) mass is 256 g/mol. The number of nitrogens with two attached hydrogens (primary N) is 1. The molecular weight excluding hydrogens is 235 g/mol. The zero-order chi connectivity index (χ0) is 12.7. The maximum atomic E-state index is 14.5. The molecule has 0 aromatic carbocycles. The number of nitrogens with zero attached hydrogens (tertiary/aromatic N) is 1. The Bertz CT molecular complexity index is 392. The summed E-state index contributed by atoms with van der Waals surface area (Å²) in [4.78, 5) is 4.55. The van der Waals surface area contributed by atoms with Gasteiger partial charge in [-0.1, -0.05) is 20.8 Å². The van der Waals surface area contributed by atoms with Crippen LogP contribution >= 0.6 is 11.3 Å². The molecule has 0 saturated heterocycles. The van der Waals surface area contributed by atoms with E-state index in [4.69, 9.17) is 5.73 Å². The topological polar surface area (TPSA) is 38.9 Å². The predicted octanol–water partition coefficient (Wildman–Crippen LogP) is 3.06. The van der Waals surface area contributed by atoms with Crippen LogP contribution in [0.25, 0.3) is 0 Å². The molecular formula is C13H21FN2S. The van der Waals surface area contributed by atoms with Crippen molar-refractivity contribution < 1.29 is 4.39 Å². The lowest BCUT2D eigenvalue weighted by atomic mass is 9.93. The molecule has 0 bridgehead atoms. The largest absolute Gasteiger partial charge is 0.328 e. The number of rotatable bonds is 4. The Balaban J connectivity index is 2.10. The van der Waals surface area contributed by atoms with E-state index in [1.807, 2.05) is 5.38 Å². The molecule has 0 spiro atoms. The van der Waals surface area contributed by atoms with E-state index < -0.39 is 5.67 Å². The third kappa shape index (κ3) is 2.86. The maximum absolute atomic E-state index is 14.5. The summed E-state index contributed by atoms with van der Waals surface area (Å²) in [5.74, 6) is 0.162. The molecule has 1 aliphatic carbocycles. The average Bonchev–Trinajstić information content (AvgIpc) is 2.99. The highest BCUT2D eigenvalue weighted by Gasteiger charge is 2.45. The predicted molar refractivity (Wildman–Crippen MR) is 70.1 cm³/mol. The van der Waals surface area contributed by atoms with E-state index in [0.717, 1.165) is 23.5 Å². The second kappa shape index (κ2) is 4.32. The van der Waals surface area contributed by atoms with Gasteiger partial charge in [0.05, 0.1) is 10.7 Å². The fourth-order valence-corrected chi connectivity index (χ4v) is 3.10. The molecule has 17 heavy (non-hydrogen) atoms. The minimum atomic E-state index is -1.23. The summed E-state index contributed by atoms with van der Waals surface area (Å²) in [6.07, 6.45) is 2.34. The summed E-state index contributed by atoms with van der Waals surface area (Å²) in [7, 11) is 0. The number of halogens is 1. The zero-order valence-electron chi connectivity index (χ0n) is 10.8. The Labute approximate surface area is 106 Å². The SMILES string of the molecule is CC(C)(C)c1csc(CC(F)(CN)C2CC2)n1. The normalized spacial score (nSPS) is 20.3. The Morgan fingerprint density at radius 3 is 2.53 bits per heavy atom. The van der Waals surface area contributed by atoms with Gasteiger partial charge in [0.15, 0.2) is 0 Å². The van der Waals surface area contributed by atoms with Gasteiger partial charge in [0.1, 0.15) is 5.67 Å². The first kappa shape index (κ1) is 13.0. The molecule has 0 amide bonds. The molecule has 4 heteroatoms. The van der Waals surface area contributed by atoms with Crippen molar-refractivity contribution in [1.29, 1.82) is 0 Å². The van der Waals surface area contributed by atoms with Gasteiger partial charge < -0.3 is 5.73 Å². The highest BCUT2D eigenvalue weighted by atomic mass is 32.1. The number of thiazole rings is 1. The third-order valence-corrected chi connectivity index (χ3v) is 4.26. The van der Waals surface area contributed by atoms with Crippen LogP contribution in [0.15, 0.2) is 5.38 Å². The van der Waals surface area contributed by atoms with Crippen molar-refractivity contribution in [1.82, 2.24) is 4.98 Å². The zero-order valence-corrected chi connectivity index (χ0v) is 11.6. The van der Waals surface area contributed by atoms with Crippen molar-refractivity contribution in [3.8, 4) is 0 Å². The van der Waals surface area contributed by atoms with Gasteiger partial charge in [-0.3, -0.25) is 0 Å². The van der Waals surface area contributed by atoms with Gasteiger partial charge in [0.2, 0.25) is 0 Å². The van der Waals surface area contributed by atoms with Crippen LogP contribution in [-0.4, -0.2) is 17.2 Å². The van der Waals surface area contributed by atoms with Crippen molar-refractivity contribution in [3.05, 3.63) is 16.1 Å². The van der Waals surface area contributed by atoms with Crippen molar-refractivity contribution in [2.24, 2.45) is 11.7 Å². The van der Waals surface area contributed by atoms with E-state index in [0.29, 0.717) is 6.42 Å². The van der Waals surface area contributed by atoms with Crippen LogP contribution in [0.2, 0.25) is 0 Å². The minimum Gasteiger partial charge on any atom is -0.328 e. The van der Waals surface area contributed by atoms with Gasteiger partial charge in [-0.15, -0.1) is 11.3 Å². The second-order valence-electron chi connectivity index (χ2n) is 6.07. The van der Waals surface area contributed by atoms with Crippen molar-refractivity contribution in [2.75, 3.05) is 6.54 Å². The molecule has 1 aromatic rings. The van der Waals surface area contributed by atoms with E-state index in [-0.39, 0.29) is 17.9 Å². The molecule has 1 atom stereocenters. The Morgan fingerprint density at radius 1 is 1.47 bits per heavy atom. The fraction of sp³-hybridized carbons (Fsp3) is 0.769. The smallest absolute Gasteiger partial charge is 0.132 e. The molecule has 1 fully saturated rings. The second-order valence-corrected chi connectivity index (χ2v) is 7.01. The van der Waals surface area contributed by atoms with Crippen LogP contribution in [-0.2, 0) is 11.8 Å². The van der Waals surface area contributed by atoms with Gasteiger partial charge in [-0.25, -0.2) is 9.37 Å². The van der Waals surface area contributed by atoms with Crippen molar-refractivity contribution in [2.45, 2.75) is 51.1 Å². The van der Waals surface area contributed by atoms with Gasteiger partial charge >= 0.3 is 0 Å². The van der Waals surface area contributed by atoms with E-state index in [9.17, 15) is 4.39 Å². The number of hydrogen-bond acceptors (Lipinski definition) is 3. The number of alkyl halides is 1. The lowest BCUT2D eigenvalue weighted by molar-refractivity contribution is 0.142. The van der Waals surface area contributed by atoms with E-state index in [1.54, 1.807) is 11.3 Å². The summed E-state index contributed by atoms with van der Waals surface area (Å²) in [5.41, 5.74) is 5.45. The summed E-state index contributed by atoms with van der Waals surface area (Å²) in [6, 6.07) is 0. The van der Waals surface area contributed by atoms with Gasteiger partial charge in [0, 0.05) is 23.8 Å². The van der Waals surface area contributed by atoms with Crippen LogP contribution in [0.4, 0.5) is 4.39 Å². The Morgan fingerprint density at radius 2 is 2.12 bits per heavy atom. The molecule has 1 heterocycles. The molecule has 96 valence electrons. The molecule has 0 aliphatic heterocycles. The molecule has 1 aromatic heterocycles. The van der Waals surface area contributed by atoms with Crippen LogP contribution in [0.3, 0.4) is 0 Å². The van der Waals surface area contributed by atoms with Gasteiger partial charge in [0.25, 0.3) is 0 Å². The molecule has 2 N–H and O–H groups in total. The van der Waals surface area contributed by atoms with Gasteiger partial charge in [-0.05, 0) is 18.8 Å². The van der Waals surface area contributed by atoms with Gasteiger partial charge in [-0.2, -0.15) is 0 Å². The third-order valence-electron chi connectivity index (χ3n) is 3.41. The average molecular weight is 256 g/mol. The quantitative estimate of drug-likeness (QED) is 0.899. The maximum Gasteiger partial charge on any atom is 0.132 e. The first-order chi connectivity index (χ1) is 7.85. The summed E-state index contributed by atoms with van der Waals surface area (Å²) < 4.78 is 14.5. The molecule has 2 rings (SSSR count). The minimum absolute atomic E-state index is 0.0377. The molecule has 0 radical (unpaired) electrons. The first-order valence-electron chi connectivity index (χ1n) is 6.19. The van der Waals surface area contributed by atoms with E-state index in [1.165, 1.54) is 0 Å². The van der Waals surface area contributed by atoms with Crippen molar-refractivity contribution in [3.63, 3.8) is 0 Å². The van der Waals surface area contributed by atoms with Crippen LogP contribution < -0.4 is 5.73 Å². The van der Waals surface area contributed by atoms with E-state index >= 15 is 0 Å². The lowest BCUT2D eigenvalue weighted by Gasteiger charge is -2.22. The molecule has 1 saturated carbocycles. The highest BCUT2D eigenvalue weighted by molar-refractivity contribution is 7.09. The van der Waals surface area contributed by atoms with Crippen LogP contribution in [0.1, 0.15) is 44.3 Å². The van der Waals surface area contributed by atoms with E-state index in [2.05, 4.69) is 25.8 Å². The standard InChI is InChI=1S/C13H21FN2S/c1-12(2,3)10-7-17-11(16-10)6-13(14,8-15)9-4-5-9/h7,9H,4-6,8,15H2,1-3H3. The molecule has 2 nitrogen and oxygen atoms in total. The summed E-state index contributed by atoms with van der Waals surface area (Å²) >= 11 is 1.56. The molecule has 1 aliphatic rings. The molecule has 1 unspecified atom stereocenters. The Hall–Kier alpha value is -0.480. The number of hydrogen-bond donors (Lipinski definition) is 1.